The van der Waals surface area contributed by atoms with Crippen LogP contribution in [-0.2, 0) is 11.2 Å². The van der Waals surface area contributed by atoms with Crippen LogP contribution in [0, 0.1) is 0 Å². The van der Waals surface area contributed by atoms with E-state index < -0.39 is 5.97 Å². The number of rotatable bonds is 6. The lowest BCUT2D eigenvalue weighted by Gasteiger charge is -2.11. The van der Waals surface area contributed by atoms with Crippen LogP contribution in [0.1, 0.15) is 33.2 Å². The van der Waals surface area contributed by atoms with Crippen molar-refractivity contribution in [3.05, 3.63) is 83.7 Å². The molecule has 28 heavy (non-hydrogen) atoms. The molecule has 0 bridgehead atoms. The molecule has 2 aromatic carbocycles. The molecule has 0 radical (unpaired) electrons. The Balaban J connectivity index is 1.77. The van der Waals surface area contributed by atoms with E-state index in [1.165, 1.54) is 13.3 Å². The van der Waals surface area contributed by atoms with Gasteiger partial charge in [-0.25, -0.2) is 4.79 Å². The molecule has 0 aliphatic heterocycles. The number of carbonyl (C=O) groups excluding carboxylic acids is 2. The summed E-state index contributed by atoms with van der Waals surface area (Å²) in [7, 11) is 1.34. The molecule has 0 unspecified atom stereocenters. The number of carbonyl (C=O) groups is 2. The maximum Gasteiger partial charge on any atom is 0.337 e. The number of ether oxygens (including phenoxy) is 1. The van der Waals surface area contributed by atoms with E-state index in [0.717, 1.165) is 17.7 Å². The van der Waals surface area contributed by atoms with Gasteiger partial charge in [-0.3, -0.25) is 9.78 Å². The lowest BCUT2D eigenvalue weighted by atomic mass is 10.1. The summed E-state index contributed by atoms with van der Waals surface area (Å²) in [5, 5.41) is 6.09. The van der Waals surface area contributed by atoms with Crippen molar-refractivity contribution < 1.29 is 14.3 Å². The van der Waals surface area contributed by atoms with Gasteiger partial charge in [-0.05, 0) is 42.3 Å². The minimum atomic E-state index is -0.413. The molecular weight excluding hydrogens is 354 g/mol. The van der Waals surface area contributed by atoms with Crippen molar-refractivity contribution in [2.45, 2.75) is 13.3 Å². The van der Waals surface area contributed by atoms with E-state index in [-0.39, 0.29) is 5.91 Å². The molecule has 2 N–H and O–H groups in total. The summed E-state index contributed by atoms with van der Waals surface area (Å²) in [6.45, 7) is 2.04. The summed E-state index contributed by atoms with van der Waals surface area (Å²) in [5.41, 5.74) is 4.06. The molecule has 6 nitrogen and oxygen atoms in total. The second-order valence-corrected chi connectivity index (χ2v) is 6.12. The van der Waals surface area contributed by atoms with Crippen molar-refractivity contribution in [2.75, 3.05) is 17.7 Å². The molecule has 3 rings (SSSR count). The maximum absolute atomic E-state index is 12.6. The van der Waals surface area contributed by atoms with Crippen molar-refractivity contribution in [3.8, 4) is 0 Å². The lowest BCUT2D eigenvalue weighted by molar-refractivity contribution is 0.0600. The van der Waals surface area contributed by atoms with Gasteiger partial charge < -0.3 is 15.4 Å². The van der Waals surface area contributed by atoms with Crippen molar-refractivity contribution in [1.29, 1.82) is 0 Å². The Morgan fingerprint density at radius 3 is 2.54 bits per heavy atom. The Bertz CT molecular complexity index is 1000. The number of aromatic nitrogens is 1. The number of esters is 1. The number of benzene rings is 2. The molecule has 0 saturated heterocycles. The molecule has 0 spiro atoms. The summed E-state index contributed by atoms with van der Waals surface area (Å²) >= 11 is 0. The Morgan fingerprint density at radius 1 is 0.964 bits per heavy atom. The lowest BCUT2D eigenvalue weighted by Crippen LogP contribution is -2.13. The first-order valence-electron chi connectivity index (χ1n) is 8.90. The fourth-order valence-electron chi connectivity index (χ4n) is 2.79. The van der Waals surface area contributed by atoms with Gasteiger partial charge in [0, 0.05) is 17.6 Å². The number of anilines is 3. The normalized spacial score (nSPS) is 10.2. The van der Waals surface area contributed by atoms with Crippen molar-refractivity contribution in [1.82, 2.24) is 4.98 Å². The molecule has 3 aromatic rings. The highest BCUT2D eigenvalue weighted by Crippen LogP contribution is 2.20. The van der Waals surface area contributed by atoms with E-state index in [1.807, 2.05) is 37.3 Å². The summed E-state index contributed by atoms with van der Waals surface area (Å²) in [6.07, 6.45) is 3.95. The van der Waals surface area contributed by atoms with Gasteiger partial charge in [0.05, 0.1) is 30.1 Å². The second-order valence-electron chi connectivity index (χ2n) is 6.12. The first-order chi connectivity index (χ1) is 13.6. The molecule has 142 valence electrons. The number of nitrogens with one attached hydrogen (secondary N) is 2. The third-order valence-corrected chi connectivity index (χ3v) is 4.22. The monoisotopic (exact) mass is 375 g/mol. The first kappa shape index (κ1) is 19.1. The molecule has 1 amide bonds. The van der Waals surface area contributed by atoms with Crippen LogP contribution in [0.25, 0.3) is 0 Å². The zero-order chi connectivity index (χ0) is 19.9. The first-order valence-corrected chi connectivity index (χ1v) is 8.90. The standard InChI is InChI=1S/C22H21N3O3/c1-3-15-7-4-5-10-20(15)25-21(26)17-12-19(14-23-13-17)24-18-9-6-8-16(11-18)22(27)28-2/h4-14,24H,3H2,1-2H3,(H,25,26). The van der Waals surface area contributed by atoms with Crippen molar-refractivity contribution in [2.24, 2.45) is 0 Å². The fourth-order valence-corrected chi connectivity index (χ4v) is 2.79. The molecule has 0 atom stereocenters. The minimum absolute atomic E-state index is 0.236. The quantitative estimate of drug-likeness (QED) is 0.623. The van der Waals surface area contributed by atoms with Crippen LogP contribution in [0.4, 0.5) is 17.1 Å². The van der Waals surface area contributed by atoms with E-state index >= 15 is 0 Å². The average molecular weight is 375 g/mol. The van der Waals surface area contributed by atoms with Crippen molar-refractivity contribution in [3.63, 3.8) is 0 Å². The van der Waals surface area contributed by atoms with Crippen LogP contribution in [0.5, 0.6) is 0 Å². The van der Waals surface area contributed by atoms with Gasteiger partial charge in [-0.2, -0.15) is 0 Å². The highest BCUT2D eigenvalue weighted by atomic mass is 16.5. The third kappa shape index (κ3) is 4.54. The van der Waals surface area contributed by atoms with Gasteiger partial charge in [0.2, 0.25) is 0 Å². The van der Waals surface area contributed by atoms with Crippen LogP contribution in [0.15, 0.2) is 67.0 Å². The average Bonchev–Trinajstić information content (AvgIpc) is 2.74. The van der Waals surface area contributed by atoms with Gasteiger partial charge in [0.15, 0.2) is 0 Å². The molecule has 0 aliphatic carbocycles. The van der Waals surface area contributed by atoms with Crippen LogP contribution in [0.2, 0.25) is 0 Å². The van der Waals surface area contributed by atoms with E-state index in [9.17, 15) is 9.59 Å². The zero-order valence-corrected chi connectivity index (χ0v) is 15.7. The predicted molar refractivity (Wildman–Crippen MR) is 109 cm³/mol. The summed E-state index contributed by atoms with van der Waals surface area (Å²) in [5.74, 6) is -0.648. The minimum Gasteiger partial charge on any atom is -0.465 e. The SMILES string of the molecule is CCc1ccccc1NC(=O)c1cncc(Nc2cccc(C(=O)OC)c2)c1. The van der Waals surface area contributed by atoms with Crippen LogP contribution in [-0.4, -0.2) is 24.0 Å². The number of nitrogens with zero attached hydrogens (tertiary/aromatic N) is 1. The smallest absolute Gasteiger partial charge is 0.337 e. The molecule has 1 heterocycles. The van der Waals surface area contributed by atoms with Crippen LogP contribution < -0.4 is 10.6 Å². The van der Waals surface area contributed by atoms with Gasteiger partial charge in [-0.15, -0.1) is 0 Å². The molecule has 0 fully saturated rings. The summed E-state index contributed by atoms with van der Waals surface area (Å²) < 4.78 is 4.74. The van der Waals surface area contributed by atoms with Crippen LogP contribution >= 0.6 is 0 Å². The number of pyridine rings is 1. The molecule has 1 aromatic heterocycles. The molecule has 6 heteroatoms. The topological polar surface area (TPSA) is 80.3 Å². The predicted octanol–water partition coefficient (Wildman–Crippen LogP) is 4.43. The highest BCUT2D eigenvalue weighted by Gasteiger charge is 2.10. The molecule has 0 saturated carbocycles. The third-order valence-electron chi connectivity index (χ3n) is 4.22. The maximum atomic E-state index is 12.6. The Labute approximate surface area is 163 Å². The van der Waals surface area contributed by atoms with E-state index in [4.69, 9.17) is 4.74 Å². The Hall–Kier alpha value is -3.67. The number of aryl methyl sites for hydroxylation is 1. The Morgan fingerprint density at radius 2 is 1.75 bits per heavy atom. The fraction of sp³-hybridized carbons (Fsp3) is 0.136. The van der Waals surface area contributed by atoms with E-state index in [2.05, 4.69) is 15.6 Å². The number of hydrogen-bond acceptors (Lipinski definition) is 5. The van der Waals surface area contributed by atoms with Crippen LogP contribution in [0.3, 0.4) is 0 Å². The van der Waals surface area contributed by atoms with Gasteiger partial charge >= 0.3 is 5.97 Å². The van der Waals surface area contributed by atoms with Gasteiger partial charge in [0.25, 0.3) is 5.91 Å². The van der Waals surface area contributed by atoms with Gasteiger partial charge in [-0.1, -0.05) is 31.2 Å². The summed E-state index contributed by atoms with van der Waals surface area (Å²) in [6, 6.07) is 16.3. The Kier molecular flexibility index (Phi) is 6.01. The highest BCUT2D eigenvalue weighted by molar-refractivity contribution is 6.05. The number of methoxy groups -OCH3 is 1. The largest absolute Gasteiger partial charge is 0.465 e. The zero-order valence-electron chi connectivity index (χ0n) is 15.7. The van der Waals surface area contributed by atoms with Crippen molar-refractivity contribution >= 4 is 28.9 Å². The molecule has 0 aliphatic rings. The van der Waals surface area contributed by atoms with E-state index in [0.29, 0.717) is 22.5 Å². The van der Waals surface area contributed by atoms with Gasteiger partial charge in [0.1, 0.15) is 0 Å². The summed E-state index contributed by atoms with van der Waals surface area (Å²) in [4.78, 5) is 28.4. The number of amides is 1. The number of hydrogen-bond donors (Lipinski definition) is 2. The second kappa shape index (κ2) is 8.81. The molecular formula is C22H21N3O3. The number of para-hydroxylation sites is 1. The van der Waals surface area contributed by atoms with E-state index in [1.54, 1.807) is 30.5 Å².